The Kier molecular flexibility index (Phi) is 8.34. The van der Waals surface area contributed by atoms with Crippen molar-refractivity contribution in [1.29, 1.82) is 0 Å². The second kappa shape index (κ2) is 11.0. The first-order valence-electron chi connectivity index (χ1n) is 10.7. The first-order chi connectivity index (χ1) is 13.7. The largest absolute Gasteiger partial charge is 0.497 e. The molecule has 3 atom stereocenters. The van der Waals surface area contributed by atoms with Gasteiger partial charge in [-0.05, 0) is 75.6 Å². The first kappa shape index (κ1) is 21.3. The summed E-state index contributed by atoms with van der Waals surface area (Å²) in [5.41, 5.74) is 1.36. The van der Waals surface area contributed by atoms with Crippen molar-refractivity contribution in [2.45, 2.75) is 43.9 Å². The van der Waals surface area contributed by atoms with Crippen LogP contribution in [0.15, 0.2) is 29.3 Å². The zero-order valence-electron chi connectivity index (χ0n) is 17.6. The van der Waals surface area contributed by atoms with E-state index in [2.05, 4.69) is 65.5 Å². The van der Waals surface area contributed by atoms with Crippen molar-refractivity contribution in [1.82, 2.24) is 15.5 Å². The van der Waals surface area contributed by atoms with E-state index >= 15 is 0 Å². The van der Waals surface area contributed by atoms with Gasteiger partial charge in [-0.1, -0.05) is 12.1 Å². The van der Waals surface area contributed by atoms with Gasteiger partial charge in [0, 0.05) is 30.9 Å². The number of hydrogen-bond acceptors (Lipinski definition) is 4. The quantitative estimate of drug-likeness (QED) is 0.538. The van der Waals surface area contributed by atoms with Crippen molar-refractivity contribution in [3.05, 3.63) is 29.8 Å². The molecule has 2 N–H and O–H groups in total. The van der Waals surface area contributed by atoms with Gasteiger partial charge in [0.15, 0.2) is 5.96 Å². The number of methoxy groups -OCH3 is 1. The van der Waals surface area contributed by atoms with Gasteiger partial charge in [-0.25, -0.2) is 0 Å². The van der Waals surface area contributed by atoms with Gasteiger partial charge in [-0.3, -0.25) is 9.89 Å². The lowest BCUT2D eigenvalue weighted by molar-refractivity contribution is 0.125. The summed E-state index contributed by atoms with van der Waals surface area (Å²) in [7, 11) is 3.96. The monoisotopic (exact) mass is 404 g/mol. The van der Waals surface area contributed by atoms with Crippen molar-refractivity contribution >= 4 is 17.7 Å². The summed E-state index contributed by atoms with van der Waals surface area (Å²) in [6.07, 6.45) is 5.14. The zero-order valence-corrected chi connectivity index (χ0v) is 18.4. The second-order valence-corrected chi connectivity index (χ2v) is 9.24. The Balaban J connectivity index is 1.65. The molecular weight excluding hydrogens is 368 g/mol. The van der Waals surface area contributed by atoms with Crippen molar-refractivity contribution in [3.63, 3.8) is 0 Å². The maximum atomic E-state index is 5.33. The lowest BCUT2D eigenvalue weighted by Crippen LogP contribution is -2.41. The van der Waals surface area contributed by atoms with Crippen LogP contribution in [0.5, 0.6) is 5.75 Å². The molecule has 28 heavy (non-hydrogen) atoms. The van der Waals surface area contributed by atoms with E-state index in [-0.39, 0.29) is 0 Å². The van der Waals surface area contributed by atoms with Crippen LogP contribution < -0.4 is 15.4 Å². The minimum absolute atomic E-state index is 0.414. The van der Waals surface area contributed by atoms with Crippen molar-refractivity contribution in [2.75, 3.05) is 46.1 Å². The summed E-state index contributed by atoms with van der Waals surface area (Å²) in [6.45, 7) is 6.05. The highest BCUT2D eigenvalue weighted by Crippen LogP contribution is 2.35. The number of thioether (sulfide) groups is 1. The summed E-state index contributed by atoms with van der Waals surface area (Å²) >= 11 is 2.09. The predicted octanol–water partition coefficient (Wildman–Crippen LogP) is 3.53. The first-order valence-corrected chi connectivity index (χ1v) is 11.7. The average Bonchev–Trinajstić information content (AvgIpc) is 3.24. The van der Waals surface area contributed by atoms with Crippen molar-refractivity contribution in [2.24, 2.45) is 10.9 Å². The van der Waals surface area contributed by atoms with Crippen LogP contribution in [0.1, 0.15) is 44.2 Å². The van der Waals surface area contributed by atoms with Crippen LogP contribution in [0.3, 0.4) is 0 Å². The molecule has 2 fully saturated rings. The molecule has 0 amide bonds. The molecule has 0 aliphatic carbocycles. The van der Waals surface area contributed by atoms with E-state index in [9.17, 15) is 0 Å². The topological polar surface area (TPSA) is 48.9 Å². The second-order valence-electron chi connectivity index (χ2n) is 7.84. The van der Waals surface area contributed by atoms with Gasteiger partial charge in [0.2, 0.25) is 0 Å². The number of nitrogens with zero attached hydrogens (tertiary/aromatic N) is 2. The molecular formula is C22H36N4OS. The lowest BCUT2D eigenvalue weighted by atomic mass is 9.85. The van der Waals surface area contributed by atoms with Gasteiger partial charge in [0.1, 0.15) is 5.75 Å². The molecule has 0 radical (unpaired) electrons. The zero-order chi connectivity index (χ0) is 19.8. The predicted molar refractivity (Wildman–Crippen MR) is 121 cm³/mol. The summed E-state index contributed by atoms with van der Waals surface area (Å²) in [5.74, 6) is 3.72. The van der Waals surface area contributed by atoms with Crippen LogP contribution in [-0.4, -0.2) is 62.2 Å². The van der Waals surface area contributed by atoms with Gasteiger partial charge in [-0.2, -0.15) is 11.8 Å². The molecule has 0 spiro atoms. The number of likely N-dealkylation sites (tertiary alicyclic amines) is 1. The Bertz CT molecular complexity index is 615. The molecule has 156 valence electrons. The van der Waals surface area contributed by atoms with E-state index < -0.39 is 0 Å². The number of guanidine groups is 1. The Labute approximate surface area is 174 Å². The smallest absolute Gasteiger partial charge is 0.191 e. The Morgan fingerprint density at radius 2 is 2.04 bits per heavy atom. The summed E-state index contributed by atoms with van der Waals surface area (Å²) in [4.78, 5) is 7.46. The Morgan fingerprint density at radius 1 is 1.21 bits per heavy atom. The molecule has 1 aromatic rings. The highest BCUT2D eigenvalue weighted by Gasteiger charge is 2.30. The molecule has 2 aliphatic heterocycles. The fraction of sp³-hybridized carbons (Fsp3) is 0.682. The summed E-state index contributed by atoms with van der Waals surface area (Å²) in [6, 6.07) is 8.98. The Morgan fingerprint density at radius 3 is 2.71 bits per heavy atom. The number of aliphatic imine (C=N–C) groups is 1. The van der Waals surface area contributed by atoms with E-state index in [0.29, 0.717) is 12.0 Å². The van der Waals surface area contributed by atoms with E-state index in [0.717, 1.165) is 43.1 Å². The van der Waals surface area contributed by atoms with Gasteiger partial charge in [0.05, 0.1) is 7.11 Å². The summed E-state index contributed by atoms with van der Waals surface area (Å²) < 4.78 is 5.33. The number of piperidine rings is 1. The van der Waals surface area contributed by atoms with Crippen LogP contribution in [0.25, 0.3) is 0 Å². The van der Waals surface area contributed by atoms with Crippen LogP contribution >= 0.6 is 11.8 Å². The number of ether oxygens (including phenoxy) is 1. The van der Waals surface area contributed by atoms with Gasteiger partial charge >= 0.3 is 0 Å². The van der Waals surface area contributed by atoms with Crippen LogP contribution in [-0.2, 0) is 0 Å². The average molecular weight is 405 g/mol. The van der Waals surface area contributed by atoms with Crippen LogP contribution in [0, 0.1) is 5.92 Å². The molecule has 0 bridgehead atoms. The number of benzene rings is 1. The lowest BCUT2D eigenvalue weighted by Gasteiger charge is -2.39. The van der Waals surface area contributed by atoms with Crippen LogP contribution in [0.2, 0.25) is 0 Å². The van der Waals surface area contributed by atoms with E-state index in [1.807, 2.05) is 0 Å². The van der Waals surface area contributed by atoms with Crippen molar-refractivity contribution in [3.8, 4) is 5.75 Å². The third-order valence-electron chi connectivity index (χ3n) is 5.81. The number of hydrogen-bond donors (Lipinski definition) is 2. The molecule has 2 heterocycles. The fourth-order valence-electron chi connectivity index (χ4n) is 4.34. The molecule has 3 unspecified atom stereocenters. The van der Waals surface area contributed by atoms with Crippen LogP contribution in [0.4, 0.5) is 0 Å². The van der Waals surface area contributed by atoms with Crippen molar-refractivity contribution < 1.29 is 4.74 Å². The number of nitrogens with one attached hydrogen (secondary N) is 2. The highest BCUT2D eigenvalue weighted by atomic mass is 32.2. The molecule has 0 saturated carbocycles. The maximum absolute atomic E-state index is 5.33. The molecule has 5 nitrogen and oxygen atoms in total. The summed E-state index contributed by atoms with van der Waals surface area (Å²) in [5, 5.41) is 7.73. The van der Waals surface area contributed by atoms with Gasteiger partial charge < -0.3 is 15.4 Å². The third-order valence-corrected chi connectivity index (χ3v) is 7.21. The minimum atomic E-state index is 0.414. The highest BCUT2D eigenvalue weighted by molar-refractivity contribution is 8.00. The standard InChI is InChI=1S/C22H36N4OS/c1-4-23-22(25-16-20-8-6-14-28-20)24-15-18-7-5-13-26(2)21(18)17-9-11-19(27-3)12-10-17/h9-12,18,20-21H,4-8,13-16H2,1-3H3,(H2,23,24,25). The fourth-order valence-corrected chi connectivity index (χ4v) is 5.55. The molecule has 6 heteroatoms. The minimum Gasteiger partial charge on any atom is -0.497 e. The maximum Gasteiger partial charge on any atom is 0.191 e. The van der Waals surface area contributed by atoms with Gasteiger partial charge in [0.25, 0.3) is 0 Å². The molecule has 1 aromatic carbocycles. The van der Waals surface area contributed by atoms with E-state index in [4.69, 9.17) is 9.73 Å². The molecule has 0 aromatic heterocycles. The molecule has 2 aliphatic rings. The normalized spacial score (nSPS) is 26.2. The number of rotatable bonds is 7. The molecule has 3 rings (SSSR count). The van der Waals surface area contributed by atoms with E-state index in [1.165, 1.54) is 37.0 Å². The third kappa shape index (κ3) is 5.80. The van der Waals surface area contributed by atoms with Gasteiger partial charge in [-0.15, -0.1) is 0 Å². The van der Waals surface area contributed by atoms with E-state index in [1.54, 1.807) is 7.11 Å². The SMILES string of the molecule is CCNC(=NCC1CCCN(C)C1c1ccc(OC)cc1)NCC1CCCS1. The Hall–Kier alpha value is -1.40. The molecule has 2 saturated heterocycles.